The molecule has 1 aromatic rings. The molecule has 0 aliphatic heterocycles. The standard InChI is InChI=1S/C14H17F2NS/c1-14(2,10-17)7-3-4-8-18-11-5-6-12(15)13(16)9-11/h5-6,9H,3-4,7-8H2,1-2H3. The monoisotopic (exact) mass is 269 g/mol. The molecule has 98 valence electrons. The van der Waals surface area contributed by atoms with Crippen LogP contribution in [0, 0.1) is 28.4 Å². The second kappa shape index (κ2) is 6.75. The van der Waals surface area contributed by atoms with Crippen molar-refractivity contribution in [2.75, 3.05) is 5.75 Å². The van der Waals surface area contributed by atoms with E-state index in [9.17, 15) is 8.78 Å². The first kappa shape index (κ1) is 15.0. The van der Waals surface area contributed by atoms with Gasteiger partial charge in [-0.15, -0.1) is 11.8 Å². The van der Waals surface area contributed by atoms with E-state index in [1.54, 1.807) is 6.07 Å². The minimum Gasteiger partial charge on any atom is -0.204 e. The fourth-order valence-electron chi connectivity index (χ4n) is 1.48. The number of hydrogen-bond donors (Lipinski definition) is 0. The van der Waals surface area contributed by atoms with Crippen LogP contribution in [0.4, 0.5) is 8.78 Å². The highest BCUT2D eigenvalue weighted by atomic mass is 32.2. The van der Waals surface area contributed by atoms with Gasteiger partial charge in [-0.1, -0.05) is 6.42 Å². The van der Waals surface area contributed by atoms with Crippen LogP contribution in [0.3, 0.4) is 0 Å². The van der Waals surface area contributed by atoms with Gasteiger partial charge in [-0.25, -0.2) is 8.78 Å². The quantitative estimate of drug-likeness (QED) is 0.548. The van der Waals surface area contributed by atoms with Crippen molar-refractivity contribution in [3.05, 3.63) is 29.8 Å². The first-order valence-electron chi connectivity index (χ1n) is 5.94. The summed E-state index contributed by atoms with van der Waals surface area (Å²) in [4.78, 5) is 0.744. The number of nitrogens with zero attached hydrogens (tertiary/aromatic N) is 1. The fraction of sp³-hybridized carbons (Fsp3) is 0.500. The summed E-state index contributed by atoms with van der Waals surface area (Å²) >= 11 is 1.51. The molecule has 0 heterocycles. The van der Waals surface area contributed by atoms with Gasteiger partial charge >= 0.3 is 0 Å². The largest absolute Gasteiger partial charge is 0.204 e. The number of thioether (sulfide) groups is 1. The molecule has 0 aromatic heterocycles. The van der Waals surface area contributed by atoms with Crippen molar-refractivity contribution >= 4 is 11.8 Å². The molecule has 1 nitrogen and oxygen atoms in total. The average molecular weight is 269 g/mol. The van der Waals surface area contributed by atoms with Crippen molar-refractivity contribution in [2.24, 2.45) is 5.41 Å². The predicted molar refractivity (Wildman–Crippen MR) is 70.3 cm³/mol. The van der Waals surface area contributed by atoms with Crippen molar-refractivity contribution in [1.82, 2.24) is 0 Å². The lowest BCUT2D eigenvalue weighted by Crippen LogP contribution is -2.07. The lowest BCUT2D eigenvalue weighted by atomic mass is 9.89. The summed E-state index contributed by atoms with van der Waals surface area (Å²) in [6, 6.07) is 6.22. The van der Waals surface area contributed by atoms with Gasteiger partial charge in [0.05, 0.1) is 11.5 Å². The molecule has 0 atom stereocenters. The maximum atomic E-state index is 12.9. The minimum absolute atomic E-state index is 0.271. The van der Waals surface area contributed by atoms with E-state index in [0.717, 1.165) is 36.0 Å². The van der Waals surface area contributed by atoms with Crippen LogP contribution in [-0.4, -0.2) is 5.75 Å². The number of unbranched alkanes of at least 4 members (excludes halogenated alkanes) is 1. The normalized spacial score (nSPS) is 11.3. The molecule has 0 fully saturated rings. The van der Waals surface area contributed by atoms with Crippen LogP contribution in [0.2, 0.25) is 0 Å². The highest BCUT2D eigenvalue weighted by molar-refractivity contribution is 7.99. The molecule has 0 aliphatic rings. The third kappa shape index (κ3) is 5.05. The van der Waals surface area contributed by atoms with Gasteiger partial charge in [-0.3, -0.25) is 0 Å². The Bertz CT molecular complexity index is 438. The van der Waals surface area contributed by atoms with Crippen LogP contribution in [0.15, 0.2) is 23.1 Å². The van der Waals surface area contributed by atoms with Crippen LogP contribution in [-0.2, 0) is 0 Å². The molecule has 0 bridgehead atoms. The van der Waals surface area contributed by atoms with Crippen molar-refractivity contribution in [2.45, 2.75) is 38.0 Å². The van der Waals surface area contributed by atoms with Crippen molar-refractivity contribution in [1.29, 1.82) is 5.26 Å². The van der Waals surface area contributed by atoms with Crippen LogP contribution in [0.5, 0.6) is 0 Å². The molecular formula is C14H17F2NS. The van der Waals surface area contributed by atoms with E-state index in [4.69, 9.17) is 5.26 Å². The smallest absolute Gasteiger partial charge is 0.159 e. The third-order valence-corrected chi connectivity index (χ3v) is 3.74. The summed E-state index contributed by atoms with van der Waals surface area (Å²) in [5.41, 5.74) is -0.271. The van der Waals surface area contributed by atoms with Crippen molar-refractivity contribution in [3.63, 3.8) is 0 Å². The molecule has 18 heavy (non-hydrogen) atoms. The molecule has 1 aromatic carbocycles. The van der Waals surface area contributed by atoms with Gasteiger partial charge in [0.1, 0.15) is 0 Å². The number of rotatable bonds is 6. The summed E-state index contributed by atoms with van der Waals surface area (Å²) in [5.74, 6) is -0.757. The Balaban J connectivity index is 2.26. The molecule has 0 radical (unpaired) electrons. The molecule has 0 amide bonds. The Kier molecular flexibility index (Phi) is 5.61. The van der Waals surface area contributed by atoms with E-state index in [1.807, 2.05) is 13.8 Å². The van der Waals surface area contributed by atoms with Gasteiger partial charge in [-0.2, -0.15) is 5.26 Å². The number of hydrogen-bond acceptors (Lipinski definition) is 2. The zero-order chi connectivity index (χ0) is 13.6. The number of benzene rings is 1. The summed E-state index contributed by atoms with van der Waals surface area (Å²) in [7, 11) is 0. The van der Waals surface area contributed by atoms with Crippen molar-refractivity contribution < 1.29 is 8.78 Å². The van der Waals surface area contributed by atoms with E-state index in [0.29, 0.717) is 0 Å². The average Bonchev–Trinajstić information content (AvgIpc) is 2.33. The molecule has 1 rings (SSSR count). The van der Waals surface area contributed by atoms with Gasteiger partial charge in [0.15, 0.2) is 11.6 Å². The molecule has 4 heteroatoms. The maximum Gasteiger partial charge on any atom is 0.159 e. The lowest BCUT2D eigenvalue weighted by molar-refractivity contribution is 0.433. The SMILES string of the molecule is CC(C)(C#N)CCCCSc1ccc(F)c(F)c1. The zero-order valence-electron chi connectivity index (χ0n) is 10.7. The van der Waals surface area contributed by atoms with E-state index in [2.05, 4.69) is 6.07 Å². The summed E-state index contributed by atoms with van der Waals surface area (Å²) in [5, 5.41) is 8.85. The van der Waals surface area contributed by atoms with Crippen LogP contribution < -0.4 is 0 Å². The highest BCUT2D eigenvalue weighted by Gasteiger charge is 2.15. The molecule has 0 saturated carbocycles. The fourth-order valence-corrected chi connectivity index (χ4v) is 2.42. The molecule has 0 saturated heterocycles. The Hall–Kier alpha value is -1.08. The van der Waals surface area contributed by atoms with Crippen molar-refractivity contribution in [3.8, 4) is 6.07 Å². The van der Waals surface area contributed by atoms with Crippen LogP contribution in [0.1, 0.15) is 33.1 Å². The number of halogens is 2. The van der Waals surface area contributed by atoms with Crippen LogP contribution >= 0.6 is 11.8 Å². The molecule has 0 aliphatic carbocycles. The first-order chi connectivity index (χ1) is 8.44. The lowest BCUT2D eigenvalue weighted by Gasteiger charge is -2.13. The topological polar surface area (TPSA) is 23.8 Å². The van der Waals surface area contributed by atoms with E-state index in [-0.39, 0.29) is 5.41 Å². The van der Waals surface area contributed by atoms with E-state index < -0.39 is 11.6 Å². The highest BCUT2D eigenvalue weighted by Crippen LogP contribution is 2.25. The third-order valence-electron chi connectivity index (χ3n) is 2.66. The Morgan fingerprint density at radius 2 is 1.94 bits per heavy atom. The molecule has 0 unspecified atom stereocenters. The van der Waals surface area contributed by atoms with Gasteiger partial charge in [0, 0.05) is 4.90 Å². The molecule has 0 N–H and O–H groups in total. The zero-order valence-corrected chi connectivity index (χ0v) is 11.5. The molecule has 0 spiro atoms. The van der Waals surface area contributed by atoms with Crippen LogP contribution in [0.25, 0.3) is 0 Å². The van der Waals surface area contributed by atoms with Gasteiger partial charge in [-0.05, 0) is 50.6 Å². The van der Waals surface area contributed by atoms with Gasteiger partial charge < -0.3 is 0 Å². The second-order valence-corrected chi connectivity index (χ2v) is 6.05. The summed E-state index contributed by atoms with van der Waals surface area (Å²) < 4.78 is 25.6. The molecular weight excluding hydrogens is 252 g/mol. The summed E-state index contributed by atoms with van der Waals surface area (Å²) in [6.45, 7) is 3.85. The van der Waals surface area contributed by atoms with Gasteiger partial charge in [0.25, 0.3) is 0 Å². The summed E-state index contributed by atoms with van der Waals surface area (Å²) in [6.07, 6.45) is 2.80. The Morgan fingerprint density at radius 1 is 1.22 bits per heavy atom. The second-order valence-electron chi connectivity index (χ2n) is 4.88. The number of nitriles is 1. The van der Waals surface area contributed by atoms with E-state index >= 15 is 0 Å². The Labute approximate surface area is 111 Å². The minimum atomic E-state index is -0.810. The first-order valence-corrected chi connectivity index (χ1v) is 6.92. The van der Waals surface area contributed by atoms with Gasteiger partial charge in [0.2, 0.25) is 0 Å². The Morgan fingerprint density at radius 3 is 2.56 bits per heavy atom. The predicted octanol–water partition coefficient (Wildman–Crippen LogP) is 4.78. The maximum absolute atomic E-state index is 12.9. The van der Waals surface area contributed by atoms with E-state index in [1.165, 1.54) is 17.8 Å².